The lowest BCUT2D eigenvalue weighted by Crippen LogP contribution is -2.32. The van der Waals surface area contributed by atoms with E-state index in [2.05, 4.69) is 45.0 Å². The molecule has 5 nitrogen and oxygen atoms in total. The molecule has 0 aliphatic carbocycles. The number of thiophene rings is 1. The minimum atomic E-state index is -0.228. The zero-order chi connectivity index (χ0) is 19.4. The van der Waals surface area contributed by atoms with E-state index in [1.54, 1.807) is 17.7 Å². The van der Waals surface area contributed by atoms with Gasteiger partial charge in [0, 0.05) is 21.0 Å². The Morgan fingerprint density at radius 2 is 1.97 bits per heavy atom. The maximum Gasteiger partial charge on any atom is 0.226 e. The minimum absolute atomic E-state index is 0.135. The first-order chi connectivity index (χ1) is 14.3. The van der Waals surface area contributed by atoms with E-state index in [4.69, 9.17) is 16.3 Å². The van der Waals surface area contributed by atoms with Crippen LogP contribution in [0.25, 0.3) is 5.70 Å². The number of anilines is 1. The van der Waals surface area contributed by atoms with E-state index < -0.39 is 0 Å². The Morgan fingerprint density at radius 3 is 2.79 bits per heavy atom. The van der Waals surface area contributed by atoms with Crippen LogP contribution in [0, 0.1) is 0 Å². The molecule has 0 unspecified atom stereocenters. The highest BCUT2D eigenvalue weighted by atomic mass is 35.5. The number of aromatic nitrogens is 3. The standard InChI is InChI=1S/C22H15ClN4OS/c23-14-8-9-16-15(11-14)19-18(21(28-16)17-7-4-10-29-17)20(13-5-2-1-3-6-13)27-22(26-19)24-12-25-27/h1-12,20-21H,(H,24,25,26)/t20-,21-/m0/s1. The molecule has 2 aliphatic rings. The molecule has 0 saturated carbocycles. The van der Waals surface area contributed by atoms with Crippen LogP contribution in [0.2, 0.25) is 5.02 Å². The Labute approximate surface area is 176 Å². The summed E-state index contributed by atoms with van der Waals surface area (Å²) in [5, 5.41) is 10.8. The molecule has 0 amide bonds. The van der Waals surface area contributed by atoms with Gasteiger partial charge in [0.05, 0.1) is 5.70 Å². The Morgan fingerprint density at radius 1 is 1.07 bits per heavy atom. The fourth-order valence-corrected chi connectivity index (χ4v) is 5.02. The summed E-state index contributed by atoms with van der Waals surface area (Å²) in [5.74, 6) is 1.51. The second kappa shape index (κ2) is 6.47. The molecule has 6 rings (SSSR count). The van der Waals surface area contributed by atoms with Crippen LogP contribution in [-0.4, -0.2) is 14.8 Å². The van der Waals surface area contributed by atoms with Crippen molar-refractivity contribution < 1.29 is 4.74 Å². The minimum Gasteiger partial charge on any atom is -0.480 e. The first-order valence-corrected chi connectivity index (χ1v) is 10.5. The normalized spacial score (nSPS) is 19.6. The van der Waals surface area contributed by atoms with Crippen molar-refractivity contribution in [3.8, 4) is 5.75 Å². The highest BCUT2D eigenvalue weighted by Gasteiger charge is 2.41. The van der Waals surface area contributed by atoms with Gasteiger partial charge in [-0.1, -0.05) is 48.0 Å². The molecule has 0 bridgehead atoms. The largest absolute Gasteiger partial charge is 0.480 e. The summed E-state index contributed by atoms with van der Waals surface area (Å²) in [7, 11) is 0. The molecule has 0 fully saturated rings. The Kier molecular flexibility index (Phi) is 3.76. The van der Waals surface area contributed by atoms with Crippen LogP contribution in [-0.2, 0) is 0 Å². The van der Waals surface area contributed by atoms with Crippen molar-refractivity contribution in [3.05, 3.63) is 99.0 Å². The Hall–Kier alpha value is -3.09. The first-order valence-electron chi connectivity index (χ1n) is 9.25. The third-order valence-corrected chi connectivity index (χ3v) is 6.44. The van der Waals surface area contributed by atoms with Crippen molar-refractivity contribution in [2.45, 2.75) is 12.1 Å². The highest BCUT2D eigenvalue weighted by Crippen LogP contribution is 2.51. The molecular formula is C22H15ClN4OS. The number of fused-ring (bicyclic) bond motifs is 3. The lowest BCUT2D eigenvalue weighted by atomic mass is 9.87. The van der Waals surface area contributed by atoms with Gasteiger partial charge < -0.3 is 10.1 Å². The molecule has 2 aliphatic heterocycles. The number of hydrogen-bond donors (Lipinski definition) is 1. The van der Waals surface area contributed by atoms with Gasteiger partial charge in [0.2, 0.25) is 5.95 Å². The molecule has 2 aromatic heterocycles. The average molecular weight is 419 g/mol. The summed E-state index contributed by atoms with van der Waals surface area (Å²) < 4.78 is 8.46. The zero-order valence-electron chi connectivity index (χ0n) is 15.1. The molecule has 4 heterocycles. The van der Waals surface area contributed by atoms with Crippen LogP contribution in [0.1, 0.15) is 28.1 Å². The average Bonchev–Trinajstić information content (AvgIpc) is 3.44. The topological polar surface area (TPSA) is 52.0 Å². The Balaban J connectivity index is 1.66. The summed E-state index contributed by atoms with van der Waals surface area (Å²) in [6.07, 6.45) is 1.35. The van der Waals surface area contributed by atoms with E-state index >= 15 is 0 Å². The summed E-state index contributed by atoms with van der Waals surface area (Å²) >= 11 is 8.02. The van der Waals surface area contributed by atoms with Crippen molar-refractivity contribution >= 4 is 34.6 Å². The zero-order valence-corrected chi connectivity index (χ0v) is 16.7. The van der Waals surface area contributed by atoms with Crippen molar-refractivity contribution in [2.75, 3.05) is 5.32 Å². The van der Waals surface area contributed by atoms with Crippen LogP contribution in [0.5, 0.6) is 5.75 Å². The van der Waals surface area contributed by atoms with Crippen LogP contribution in [0.3, 0.4) is 0 Å². The van der Waals surface area contributed by atoms with Gasteiger partial charge in [0.25, 0.3) is 0 Å². The smallest absolute Gasteiger partial charge is 0.226 e. The molecular weight excluding hydrogens is 404 g/mol. The highest BCUT2D eigenvalue weighted by molar-refractivity contribution is 7.10. The number of hydrogen-bond acceptors (Lipinski definition) is 5. The van der Waals surface area contributed by atoms with Gasteiger partial charge in [-0.05, 0) is 35.2 Å². The second-order valence-electron chi connectivity index (χ2n) is 6.95. The van der Waals surface area contributed by atoms with E-state index in [9.17, 15) is 0 Å². The molecule has 7 heteroatoms. The molecule has 0 radical (unpaired) electrons. The quantitative estimate of drug-likeness (QED) is 0.463. The Bertz CT molecular complexity index is 1230. The molecule has 2 atom stereocenters. The third kappa shape index (κ3) is 2.60. The lowest BCUT2D eigenvalue weighted by Gasteiger charge is -2.38. The molecule has 1 N–H and O–H groups in total. The fourth-order valence-electron chi connectivity index (χ4n) is 4.08. The molecule has 2 aromatic carbocycles. The molecule has 0 saturated heterocycles. The van der Waals surface area contributed by atoms with Gasteiger partial charge in [-0.3, -0.25) is 0 Å². The SMILES string of the molecule is Clc1ccc2c(c1)C1=C([C@H](c3cccs3)O2)[C@H](c2ccccc2)n2ncnc2N1. The number of ether oxygens (including phenoxy) is 1. The maximum atomic E-state index is 6.54. The van der Waals surface area contributed by atoms with Gasteiger partial charge in [0.15, 0.2) is 6.10 Å². The van der Waals surface area contributed by atoms with Crippen LogP contribution in [0.15, 0.2) is 77.9 Å². The van der Waals surface area contributed by atoms with Crippen LogP contribution in [0.4, 0.5) is 5.95 Å². The van der Waals surface area contributed by atoms with Gasteiger partial charge in [0.1, 0.15) is 18.1 Å². The van der Waals surface area contributed by atoms with Crippen molar-refractivity contribution in [3.63, 3.8) is 0 Å². The number of benzene rings is 2. The van der Waals surface area contributed by atoms with E-state index in [1.807, 2.05) is 41.1 Å². The summed E-state index contributed by atoms with van der Waals surface area (Å²) in [4.78, 5) is 5.59. The monoisotopic (exact) mass is 418 g/mol. The van der Waals surface area contributed by atoms with E-state index in [-0.39, 0.29) is 12.1 Å². The van der Waals surface area contributed by atoms with Gasteiger partial charge in [-0.15, -0.1) is 11.3 Å². The molecule has 142 valence electrons. The van der Waals surface area contributed by atoms with Gasteiger partial charge in [-0.2, -0.15) is 10.1 Å². The van der Waals surface area contributed by atoms with Gasteiger partial charge >= 0.3 is 0 Å². The van der Waals surface area contributed by atoms with E-state index in [0.29, 0.717) is 11.0 Å². The van der Waals surface area contributed by atoms with E-state index in [0.717, 1.165) is 33.0 Å². The first kappa shape index (κ1) is 16.8. The van der Waals surface area contributed by atoms with E-state index in [1.165, 1.54) is 0 Å². The maximum absolute atomic E-state index is 6.54. The molecule has 0 spiro atoms. The summed E-state index contributed by atoms with van der Waals surface area (Å²) in [6, 6.07) is 20.1. The van der Waals surface area contributed by atoms with Gasteiger partial charge in [-0.25, -0.2) is 4.68 Å². The summed E-state index contributed by atoms with van der Waals surface area (Å²) in [5.41, 5.74) is 4.16. The second-order valence-corrected chi connectivity index (χ2v) is 8.37. The summed E-state index contributed by atoms with van der Waals surface area (Å²) in [6.45, 7) is 0. The number of nitrogens with one attached hydrogen (secondary N) is 1. The lowest BCUT2D eigenvalue weighted by molar-refractivity contribution is 0.226. The fraction of sp³-hybridized carbons (Fsp3) is 0.0909. The van der Waals surface area contributed by atoms with Crippen LogP contribution < -0.4 is 10.1 Å². The number of rotatable bonds is 2. The van der Waals surface area contributed by atoms with Crippen LogP contribution >= 0.6 is 22.9 Å². The third-order valence-electron chi connectivity index (χ3n) is 5.29. The predicted molar refractivity (Wildman–Crippen MR) is 114 cm³/mol. The molecule has 4 aromatic rings. The number of nitrogens with zero attached hydrogens (tertiary/aromatic N) is 3. The van der Waals surface area contributed by atoms with Crippen molar-refractivity contribution in [2.24, 2.45) is 0 Å². The number of halogens is 1. The van der Waals surface area contributed by atoms with Crippen molar-refractivity contribution in [1.82, 2.24) is 14.8 Å². The molecule has 29 heavy (non-hydrogen) atoms. The predicted octanol–water partition coefficient (Wildman–Crippen LogP) is 5.55. The van der Waals surface area contributed by atoms with Crippen molar-refractivity contribution in [1.29, 1.82) is 0 Å².